The summed E-state index contributed by atoms with van der Waals surface area (Å²) in [5.74, 6) is -0.849. The van der Waals surface area contributed by atoms with Gasteiger partial charge in [-0.25, -0.2) is 0 Å². The minimum Gasteiger partial charge on any atom is -0.481 e. The molecule has 0 fully saturated rings. The molecule has 0 radical (unpaired) electrons. The summed E-state index contributed by atoms with van der Waals surface area (Å²) in [6.45, 7) is 2.71. The zero-order valence-corrected chi connectivity index (χ0v) is 11.7. The van der Waals surface area contributed by atoms with Crippen LogP contribution < -0.4 is 5.73 Å². The number of ether oxygens (including phenoxy) is 1. The first-order valence-corrected chi connectivity index (χ1v) is 6.56. The molecule has 1 atom stereocenters. The summed E-state index contributed by atoms with van der Waals surface area (Å²) in [7, 11) is 1.65. The van der Waals surface area contributed by atoms with Crippen LogP contribution in [0.1, 0.15) is 30.4 Å². The monoisotopic (exact) mass is 265 g/mol. The lowest BCUT2D eigenvalue weighted by atomic mass is 9.76. The van der Waals surface area contributed by atoms with Crippen molar-refractivity contribution in [3.05, 3.63) is 35.4 Å². The van der Waals surface area contributed by atoms with Crippen molar-refractivity contribution in [2.24, 2.45) is 5.73 Å². The minimum absolute atomic E-state index is 0.110. The lowest BCUT2D eigenvalue weighted by Gasteiger charge is -2.29. The highest BCUT2D eigenvalue weighted by atomic mass is 16.5. The highest BCUT2D eigenvalue weighted by Crippen LogP contribution is 2.30. The number of carbonyl (C=O) groups is 1. The third kappa shape index (κ3) is 3.78. The fraction of sp³-hybridized carbons (Fsp3) is 0.533. The van der Waals surface area contributed by atoms with E-state index >= 15 is 0 Å². The van der Waals surface area contributed by atoms with Gasteiger partial charge in [0.25, 0.3) is 0 Å². The van der Waals surface area contributed by atoms with Gasteiger partial charge in [0.15, 0.2) is 0 Å². The van der Waals surface area contributed by atoms with Gasteiger partial charge >= 0.3 is 5.97 Å². The number of aryl methyl sites for hydroxylation is 1. The highest BCUT2D eigenvalue weighted by molar-refractivity contribution is 5.81. The topological polar surface area (TPSA) is 72.5 Å². The predicted octanol–water partition coefficient (Wildman–Crippen LogP) is 2.09. The Morgan fingerprint density at radius 1 is 1.42 bits per heavy atom. The van der Waals surface area contributed by atoms with E-state index < -0.39 is 11.4 Å². The third-order valence-corrected chi connectivity index (χ3v) is 3.53. The molecule has 1 aromatic rings. The normalized spacial score (nSPS) is 14.1. The lowest BCUT2D eigenvalue weighted by molar-refractivity contribution is -0.143. The SMILES string of the molecule is COCCCCC(CN)(C(=O)O)c1cccc(C)c1. The van der Waals surface area contributed by atoms with Crippen LogP contribution in [0.15, 0.2) is 24.3 Å². The highest BCUT2D eigenvalue weighted by Gasteiger charge is 2.38. The van der Waals surface area contributed by atoms with E-state index in [9.17, 15) is 9.90 Å². The molecule has 0 amide bonds. The van der Waals surface area contributed by atoms with E-state index in [-0.39, 0.29) is 6.54 Å². The van der Waals surface area contributed by atoms with Gasteiger partial charge in [0.2, 0.25) is 0 Å². The molecule has 19 heavy (non-hydrogen) atoms. The zero-order valence-electron chi connectivity index (χ0n) is 11.7. The number of nitrogens with two attached hydrogens (primary N) is 1. The average Bonchev–Trinajstić information content (AvgIpc) is 2.39. The van der Waals surface area contributed by atoms with E-state index in [1.165, 1.54) is 0 Å². The van der Waals surface area contributed by atoms with Crippen molar-refractivity contribution in [1.82, 2.24) is 0 Å². The molecular formula is C15H23NO3. The number of aliphatic carboxylic acids is 1. The van der Waals surface area contributed by atoms with Crippen LogP contribution in [0.4, 0.5) is 0 Å². The Bertz CT molecular complexity index is 420. The molecule has 0 aromatic heterocycles. The summed E-state index contributed by atoms with van der Waals surface area (Å²) >= 11 is 0. The van der Waals surface area contributed by atoms with Crippen molar-refractivity contribution >= 4 is 5.97 Å². The molecule has 0 saturated heterocycles. The second-order valence-corrected chi connectivity index (χ2v) is 4.91. The van der Waals surface area contributed by atoms with E-state index in [0.29, 0.717) is 13.0 Å². The van der Waals surface area contributed by atoms with Gasteiger partial charge in [0.1, 0.15) is 5.41 Å². The molecule has 0 aliphatic heterocycles. The molecule has 0 spiro atoms. The van der Waals surface area contributed by atoms with Crippen LogP contribution in [0.3, 0.4) is 0 Å². The molecule has 0 saturated carbocycles. The molecule has 1 aromatic carbocycles. The molecule has 0 bridgehead atoms. The largest absolute Gasteiger partial charge is 0.481 e. The van der Waals surface area contributed by atoms with Crippen molar-refractivity contribution < 1.29 is 14.6 Å². The summed E-state index contributed by atoms with van der Waals surface area (Å²) in [6, 6.07) is 7.60. The molecular weight excluding hydrogens is 242 g/mol. The Morgan fingerprint density at radius 3 is 2.68 bits per heavy atom. The molecule has 0 aliphatic rings. The summed E-state index contributed by atoms with van der Waals surface area (Å²) in [6.07, 6.45) is 2.16. The van der Waals surface area contributed by atoms with E-state index in [1.807, 2.05) is 31.2 Å². The molecule has 106 valence electrons. The summed E-state index contributed by atoms with van der Waals surface area (Å²) in [5, 5.41) is 9.61. The summed E-state index contributed by atoms with van der Waals surface area (Å²) < 4.78 is 5.00. The molecule has 0 heterocycles. The minimum atomic E-state index is -0.986. The molecule has 4 nitrogen and oxygen atoms in total. The summed E-state index contributed by atoms with van der Waals surface area (Å²) in [5.41, 5.74) is 6.65. The van der Waals surface area contributed by atoms with Crippen LogP contribution in [0, 0.1) is 6.92 Å². The number of hydrogen-bond donors (Lipinski definition) is 2. The fourth-order valence-corrected chi connectivity index (χ4v) is 2.30. The maximum absolute atomic E-state index is 11.7. The Hall–Kier alpha value is -1.39. The maximum Gasteiger partial charge on any atom is 0.315 e. The second-order valence-electron chi connectivity index (χ2n) is 4.91. The maximum atomic E-state index is 11.7. The first kappa shape index (κ1) is 15.7. The van der Waals surface area contributed by atoms with Gasteiger partial charge in [-0.15, -0.1) is 0 Å². The van der Waals surface area contributed by atoms with Crippen molar-refractivity contribution in [2.75, 3.05) is 20.3 Å². The lowest BCUT2D eigenvalue weighted by Crippen LogP contribution is -2.43. The van der Waals surface area contributed by atoms with Gasteiger partial charge in [-0.1, -0.05) is 29.8 Å². The Balaban J connectivity index is 2.95. The fourth-order valence-electron chi connectivity index (χ4n) is 2.30. The smallest absolute Gasteiger partial charge is 0.315 e. The van der Waals surface area contributed by atoms with Crippen LogP contribution in [0.5, 0.6) is 0 Å². The van der Waals surface area contributed by atoms with Gasteiger partial charge in [0.05, 0.1) is 0 Å². The first-order chi connectivity index (χ1) is 9.06. The van der Waals surface area contributed by atoms with E-state index in [1.54, 1.807) is 7.11 Å². The third-order valence-electron chi connectivity index (χ3n) is 3.53. The van der Waals surface area contributed by atoms with Gasteiger partial charge in [-0.2, -0.15) is 0 Å². The van der Waals surface area contributed by atoms with Crippen molar-refractivity contribution in [2.45, 2.75) is 31.6 Å². The number of methoxy groups -OCH3 is 1. The number of carboxylic acids is 1. The van der Waals surface area contributed by atoms with Crippen molar-refractivity contribution in [3.8, 4) is 0 Å². The Kier molecular flexibility index (Phi) is 5.99. The number of benzene rings is 1. The van der Waals surface area contributed by atoms with Crippen molar-refractivity contribution in [1.29, 1.82) is 0 Å². The van der Waals surface area contributed by atoms with Crippen LogP contribution in [-0.2, 0) is 14.9 Å². The number of carboxylic acid groups (broad SMARTS) is 1. The standard InChI is InChI=1S/C15H23NO3/c1-12-6-5-7-13(10-12)15(11-16,14(17)18)8-3-4-9-19-2/h5-7,10H,3-4,8-9,11,16H2,1-2H3,(H,17,18). The number of rotatable bonds is 8. The predicted molar refractivity (Wildman–Crippen MR) is 75.3 cm³/mol. The second kappa shape index (κ2) is 7.26. The first-order valence-electron chi connectivity index (χ1n) is 6.56. The van der Waals surface area contributed by atoms with Gasteiger partial charge < -0.3 is 15.6 Å². The average molecular weight is 265 g/mol. The van der Waals surface area contributed by atoms with Crippen molar-refractivity contribution in [3.63, 3.8) is 0 Å². The summed E-state index contributed by atoms with van der Waals surface area (Å²) in [4.78, 5) is 11.7. The van der Waals surface area contributed by atoms with Crippen LogP contribution in [0.25, 0.3) is 0 Å². The molecule has 0 aliphatic carbocycles. The van der Waals surface area contributed by atoms with E-state index in [2.05, 4.69) is 0 Å². The zero-order chi connectivity index (χ0) is 14.3. The van der Waals surface area contributed by atoms with Crippen LogP contribution >= 0.6 is 0 Å². The van der Waals surface area contributed by atoms with Gasteiger partial charge in [-0.05, 0) is 31.7 Å². The molecule has 3 N–H and O–H groups in total. The Morgan fingerprint density at radius 2 is 2.16 bits per heavy atom. The molecule has 4 heteroatoms. The molecule has 1 unspecified atom stereocenters. The number of unbranched alkanes of at least 4 members (excludes halogenated alkanes) is 1. The molecule has 1 rings (SSSR count). The Labute approximate surface area is 114 Å². The van der Waals surface area contributed by atoms with Crippen LogP contribution in [-0.4, -0.2) is 31.3 Å². The van der Waals surface area contributed by atoms with E-state index in [4.69, 9.17) is 10.5 Å². The quantitative estimate of drug-likeness (QED) is 0.706. The van der Waals surface area contributed by atoms with Crippen LogP contribution in [0.2, 0.25) is 0 Å². The van der Waals surface area contributed by atoms with E-state index in [0.717, 1.165) is 24.0 Å². The van der Waals surface area contributed by atoms with Gasteiger partial charge in [-0.3, -0.25) is 4.79 Å². The number of hydrogen-bond acceptors (Lipinski definition) is 3. The van der Waals surface area contributed by atoms with Gasteiger partial charge in [0, 0.05) is 20.3 Å².